The maximum absolute atomic E-state index is 11.3. The van der Waals surface area contributed by atoms with Crippen molar-refractivity contribution in [3.05, 3.63) is 34.9 Å². The first-order chi connectivity index (χ1) is 11.8. The quantitative estimate of drug-likeness (QED) is 0.745. The second-order valence-corrected chi connectivity index (χ2v) is 10.4. The molecule has 134 valence electrons. The van der Waals surface area contributed by atoms with E-state index in [1.807, 2.05) is 6.07 Å². The molecule has 0 saturated heterocycles. The second-order valence-electron chi connectivity index (χ2n) is 9.32. The van der Waals surface area contributed by atoms with Crippen LogP contribution in [-0.4, -0.2) is 16.4 Å². The molecule has 4 unspecified atom stereocenters. The van der Waals surface area contributed by atoms with Crippen molar-refractivity contribution in [2.24, 2.45) is 23.2 Å². The molecule has 2 nitrogen and oxygen atoms in total. The van der Waals surface area contributed by atoms with E-state index in [1.54, 1.807) is 0 Å². The third-order valence-corrected chi connectivity index (χ3v) is 9.33. The fraction of sp³-hybridized carbons (Fsp3) is 0.682. The lowest BCUT2D eigenvalue weighted by Crippen LogP contribution is -2.47. The van der Waals surface area contributed by atoms with Crippen LogP contribution in [-0.2, 0) is 6.42 Å². The maximum atomic E-state index is 11.3. The molecule has 25 heavy (non-hydrogen) atoms. The Morgan fingerprint density at radius 3 is 2.76 bits per heavy atom. The summed E-state index contributed by atoms with van der Waals surface area (Å²) in [5.74, 6) is 2.27. The number of rotatable bonds is 1. The van der Waals surface area contributed by atoms with E-state index >= 15 is 0 Å². The van der Waals surface area contributed by atoms with Crippen molar-refractivity contribution in [2.75, 3.05) is 0 Å². The smallest absolute Gasteiger partial charge is 0.0994 e. The molecule has 0 spiro atoms. The normalized spacial score (nSPS) is 42.4. The molecule has 0 aliphatic heterocycles. The van der Waals surface area contributed by atoms with Crippen LogP contribution in [0.25, 0.3) is 0 Å². The number of hydrogen-bond acceptors (Lipinski definition) is 2. The van der Waals surface area contributed by atoms with Crippen LogP contribution >= 0.6 is 9.24 Å². The third-order valence-electron chi connectivity index (χ3n) is 8.12. The van der Waals surface area contributed by atoms with Crippen LogP contribution in [0, 0.1) is 34.5 Å². The van der Waals surface area contributed by atoms with E-state index in [-0.39, 0.29) is 16.7 Å². The minimum Gasteiger partial charge on any atom is -0.392 e. The van der Waals surface area contributed by atoms with Gasteiger partial charge in [-0.05, 0) is 78.4 Å². The van der Waals surface area contributed by atoms with Crippen molar-refractivity contribution < 1.29 is 5.11 Å². The Morgan fingerprint density at radius 1 is 1.32 bits per heavy atom. The number of nitrogens with zero attached hydrogens (tertiary/aromatic N) is 1. The van der Waals surface area contributed by atoms with Gasteiger partial charge in [-0.15, -0.1) is 9.24 Å². The highest BCUT2D eigenvalue weighted by molar-refractivity contribution is 7.19. The lowest BCUT2D eigenvalue weighted by molar-refractivity contribution is -0.0321. The Hall–Kier alpha value is -0.900. The Kier molecular flexibility index (Phi) is 4.06. The van der Waals surface area contributed by atoms with Crippen LogP contribution in [0.3, 0.4) is 0 Å². The number of aliphatic hydroxyl groups excluding tert-OH is 1. The van der Waals surface area contributed by atoms with E-state index in [9.17, 15) is 10.4 Å². The van der Waals surface area contributed by atoms with Crippen molar-refractivity contribution in [1.82, 2.24) is 0 Å². The SMILES string of the molecule is CC(C)[C@@]1(P)CC2C3CCc4c(C#N)cccc4C3CC[C@]2(C)[C@H]1O. The highest BCUT2D eigenvalue weighted by atomic mass is 31.0. The second kappa shape index (κ2) is 5.80. The number of fused-ring (bicyclic) bond motifs is 5. The minimum atomic E-state index is -0.234. The van der Waals surface area contributed by atoms with Gasteiger partial charge in [0, 0.05) is 5.16 Å². The molecular formula is C22H30NOP. The average molecular weight is 355 g/mol. The van der Waals surface area contributed by atoms with Gasteiger partial charge in [-0.3, -0.25) is 0 Å². The van der Waals surface area contributed by atoms with Gasteiger partial charge in [0.2, 0.25) is 0 Å². The first kappa shape index (κ1) is 17.5. The highest BCUT2D eigenvalue weighted by Gasteiger charge is 2.62. The van der Waals surface area contributed by atoms with Gasteiger partial charge in [0.05, 0.1) is 17.7 Å². The minimum absolute atomic E-state index is 0.0392. The van der Waals surface area contributed by atoms with E-state index in [4.69, 9.17) is 0 Å². The summed E-state index contributed by atoms with van der Waals surface area (Å²) in [7, 11) is 3.05. The first-order valence-corrected chi connectivity index (χ1v) is 10.4. The lowest BCUT2D eigenvalue weighted by Gasteiger charge is -2.50. The van der Waals surface area contributed by atoms with E-state index < -0.39 is 0 Å². The average Bonchev–Trinajstić information content (AvgIpc) is 2.82. The summed E-state index contributed by atoms with van der Waals surface area (Å²) >= 11 is 0. The summed E-state index contributed by atoms with van der Waals surface area (Å²) in [6.45, 7) is 6.85. The summed E-state index contributed by atoms with van der Waals surface area (Å²) in [5.41, 5.74) is 3.64. The fourth-order valence-electron chi connectivity index (χ4n) is 6.45. The zero-order valence-corrected chi connectivity index (χ0v) is 16.8. The summed E-state index contributed by atoms with van der Waals surface area (Å²) < 4.78 is 0. The van der Waals surface area contributed by atoms with Gasteiger partial charge in [0.1, 0.15) is 0 Å². The van der Waals surface area contributed by atoms with Gasteiger partial charge in [-0.1, -0.05) is 32.9 Å². The maximum Gasteiger partial charge on any atom is 0.0994 e. The predicted octanol–water partition coefficient (Wildman–Crippen LogP) is 4.66. The van der Waals surface area contributed by atoms with Crippen LogP contribution in [0.5, 0.6) is 0 Å². The Bertz CT molecular complexity index is 738. The molecule has 4 rings (SSSR count). The molecule has 1 aromatic carbocycles. The van der Waals surface area contributed by atoms with Gasteiger partial charge in [0.15, 0.2) is 0 Å². The fourth-order valence-corrected chi connectivity index (χ4v) is 7.09. The Balaban J connectivity index is 1.74. The zero-order valence-electron chi connectivity index (χ0n) is 15.6. The van der Waals surface area contributed by atoms with Crippen molar-refractivity contribution in [2.45, 2.75) is 70.1 Å². The number of benzene rings is 1. The van der Waals surface area contributed by atoms with E-state index in [1.165, 1.54) is 17.5 Å². The molecular weight excluding hydrogens is 325 g/mol. The molecule has 0 bridgehead atoms. The van der Waals surface area contributed by atoms with Crippen molar-refractivity contribution in [3.63, 3.8) is 0 Å². The molecule has 0 aromatic heterocycles. The van der Waals surface area contributed by atoms with Gasteiger partial charge < -0.3 is 5.11 Å². The molecule has 0 radical (unpaired) electrons. The standard InChI is InChI=1S/C22H30NOP/c1-13(2)22(25)11-19-18-8-7-15-14(12-23)5-4-6-16(15)17(18)9-10-21(19,3)20(22)24/h4-6,13,17-20,24H,7-11,25H2,1-3H3/t17?,18?,19?,20-,21+,22+/m1/s1. The molecule has 0 amide bonds. The Morgan fingerprint density at radius 2 is 2.08 bits per heavy atom. The molecule has 3 aliphatic rings. The van der Waals surface area contributed by atoms with Crippen LogP contribution in [0.4, 0.5) is 0 Å². The van der Waals surface area contributed by atoms with Crippen LogP contribution in [0.2, 0.25) is 0 Å². The third kappa shape index (κ3) is 2.28. The number of aliphatic hydroxyl groups is 1. The summed E-state index contributed by atoms with van der Waals surface area (Å²) in [6, 6.07) is 8.69. The highest BCUT2D eigenvalue weighted by Crippen LogP contribution is 2.66. The van der Waals surface area contributed by atoms with E-state index in [0.29, 0.717) is 23.7 Å². The summed E-state index contributed by atoms with van der Waals surface area (Å²) in [5, 5.41) is 20.7. The molecule has 7 atom stereocenters. The van der Waals surface area contributed by atoms with Gasteiger partial charge in [-0.25, -0.2) is 0 Å². The lowest BCUT2D eigenvalue weighted by atomic mass is 9.55. The molecule has 1 aromatic rings. The molecule has 2 fully saturated rings. The van der Waals surface area contributed by atoms with Gasteiger partial charge >= 0.3 is 0 Å². The number of nitriles is 1. The predicted molar refractivity (Wildman–Crippen MR) is 104 cm³/mol. The van der Waals surface area contributed by atoms with Crippen LogP contribution in [0.15, 0.2) is 18.2 Å². The van der Waals surface area contributed by atoms with Gasteiger partial charge in [0.25, 0.3) is 0 Å². The monoisotopic (exact) mass is 355 g/mol. The summed E-state index contributed by atoms with van der Waals surface area (Å²) in [4.78, 5) is 0. The number of hydrogen-bond donors (Lipinski definition) is 1. The van der Waals surface area contributed by atoms with Crippen molar-refractivity contribution >= 4 is 9.24 Å². The largest absolute Gasteiger partial charge is 0.392 e. The molecule has 3 heteroatoms. The van der Waals surface area contributed by atoms with E-state index in [2.05, 4.69) is 48.2 Å². The van der Waals surface area contributed by atoms with Crippen molar-refractivity contribution in [1.29, 1.82) is 5.26 Å². The van der Waals surface area contributed by atoms with Gasteiger partial charge in [-0.2, -0.15) is 5.26 Å². The molecule has 2 saturated carbocycles. The first-order valence-electron chi connectivity index (χ1n) is 9.81. The van der Waals surface area contributed by atoms with Crippen LogP contribution in [0.1, 0.15) is 69.1 Å². The molecule has 1 N–H and O–H groups in total. The van der Waals surface area contributed by atoms with Crippen LogP contribution < -0.4 is 0 Å². The summed E-state index contributed by atoms with van der Waals surface area (Å²) in [6.07, 6.45) is 5.31. The van der Waals surface area contributed by atoms with E-state index in [0.717, 1.165) is 31.2 Å². The van der Waals surface area contributed by atoms with Crippen molar-refractivity contribution in [3.8, 4) is 6.07 Å². The molecule has 3 aliphatic carbocycles. The topological polar surface area (TPSA) is 44.0 Å². The molecule has 0 heterocycles. The Labute approximate surface area is 154 Å². The zero-order chi connectivity index (χ0) is 18.0.